The summed E-state index contributed by atoms with van der Waals surface area (Å²) in [6.07, 6.45) is 2.10. The zero-order valence-electron chi connectivity index (χ0n) is 11.7. The summed E-state index contributed by atoms with van der Waals surface area (Å²) in [4.78, 5) is 12.5. The zero-order valence-corrected chi connectivity index (χ0v) is 11.7. The highest BCUT2D eigenvalue weighted by Crippen LogP contribution is 2.17. The first-order valence-corrected chi connectivity index (χ1v) is 6.77. The zero-order chi connectivity index (χ0) is 14.1. The molecule has 0 aromatic heterocycles. The number of ether oxygens (including phenoxy) is 1. The number of benzene rings is 1. The Morgan fingerprint density at radius 3 is 2.32 bits per heavy atom. The quantitative estimate of drug-likeness (QED) is 0.391. The van der Waals surface area contributed by atoms with Gasteiger partial charge in [0.05, 0.1) is 11.5 Å². The highest BCUT2D eigenvalue weighted by atomic mass is 16.6. The molecule has 1 aromatic carbocycles. The van der Waals surface area contributed by atoms with Crippen LogP contribution in [-0.4, -0.2) is 36.1 Å². The Labute approximate surface area is 114 Å². The van der Waals surface area contributed by atoms with Crippen LogP contribution in [0.4, 0.5) is 5.69 Å². The molecular weight excluding hydrogens is 244 g/mol. The summed E-state index contributed by atoms with van der Waals surface area (Å²) >= 11 is 0. The molecule has 1 aromatic rings. The molecule has 0 amide bonds. The molecule has 5 nitrogen and oxygen atoms in total. The predicted molar refractivity (Wildman–Crippen MR) is 75.6 cm³/mol. The number of hydrogen-bond acceptors (Lipinski definition) is 4. The average Bonchev–Trinajstić information content (AvgIpc) is 2.43. The molecule has 0 spiro atoms. The van der Waals surface area contributed by atoms with Crippen molar-refractivity contribution >= 4 is 5.69 Å². The summed E-state index contributed by atoms with van der Waals surface area (Å²) in [5.74, 6) is 0.688. The van der Waals surface area contributed by atoms with Crippen molar-refractivity contribution in [1.29, 1.82) is 0 Å². The van der Waals surface area contributed by atoms with Gasteiger partial charge in [-0.25, -0.2) is 0 Å². The van der Waals surface area contributed by atoms with Crippen LogP contribution in [0.2, 0.25) is 0 Å². The summed E-state index contributed by atoms with van der Waals surface area (Å²) in [5, 5.41) is 10.5. The van der Waals surface area contributed by atoms with Gasteiger partial charge in [0.2, 0.25) is 0 Å². The van der Waals surface area contributed by atoms with E-state index in [0.29, 0.717) is 12.4 Å². The van der Waals surface area contributed by atoms with Crippen molar-refractivity contribution in [2.75, 3.05) is 26.2 Å². The van der Waals surface area contributed by atoms with E-state index in [1.165, 1.54) is 12.1 Å². The molecule has 5 heteroatoms. The molecule has 106 valence electrons. The lowest BCUT2D eigenvalue weighted by Crippen LogP contribution is -2.24. The first-order valence-electron chi connectivity index (χ1n) is 6.77. The van der Waals surface area contributed by atoms with Gasteiger partial charge in [0.15, 0.2) is 0 Å². The Bertz CT molecular complexity index is 375. The third kappa shape index (κ3) is 5.70. The van der Waals surface area contributed by atoms with E-state index in [9.17, 15) is 10.1 Å². The Kier molecular flexibility index (Phi) is 6.89. The topological polar surface area (TPSA) is 55.6 Å². The Morgan fingerprint density at radius 1 is 1.16 bits per heavy atom. The Hall–Kier alpha value is -1.62. The maximum atomic E-state index is 10.5. The van der Waals surface area contributed by atoms with Gasteiger partial charge in [0.25, 0.3) is 5.69 Å². The van der Waals surface area contributed by atoms with Gasteiger partial charge in [-0.15, -0.1) is 0 Å². The number of non-ortho nitro benzene ring substituents is 1. The van der Waals surface area contributed by atoms with E-state index in [4.69, 9.17) is 4.74 Å². The van der Waals surface area contributed by atoms with Crippen molar-refractivity contribution in [2.45, 2.75) is 26.7 Å². The highest BCUT2D eigenvalue weighted by molar-refractivity contribution is 5.35. The van der Waals surface area contributed by atoms with Gasteiger partial charge < -0.3 is 9.64 Å². The third-order valence-corrected chi connectivity index (χ3v) is 3.08. The second kappa shape index (κ2) is 8.48. The van der Waals surface area contributed by atoms with Crippen LogP contribution in [0.25, 0.3) is 0 Å². The molecule has 0 N–H and O–H groups in total. The van der Waals surface area contributed by atoms with Crippen molar-refractivity contribution in [3.05, 3.63) is 34.4 Å². The number of nitro groups is 1. The summed E-state index contributed by atoms with van der Waals surface area (Å²) in [7, 11) is 0. The van der Waals surface area contributed by atoms with E-state index in [-0.39, 0.29) is 5.69 Å². The fraction of sp³-hybridized carbons (Fsp3) is 0.571. The minimum absolute atomic E-state index is 0.0916. The fourth-order valence-electron chi connectivity index (χ4n) is 1.83. The second-order valence-electron chi connectivity index (χ2n) is 4.33. The van der Waals surface area contributed by atoms with Crippen LogP contribution >= 0.6 is 0 Å². The number of nitro benzene ring substituents is 1. The average molecular weight is 266 g/mol. The van der Waals surface area contributed by atoms with Gasteiger partial charge in [0.1, 0.15) is 5.75 Å². The maximum Gasteiger partial charge on any atom is 0.269 e. The van der Waals surface area contributed by atoms with Crippen LogP contribution in [0.1, 0.15) is 26.7 Å². The molecule has 0 aliphatic carbocycles. The van der Waals surface area contributed by atoms with E-state index in [1.54, 1.807) is 12.1 Å². The minimum Gasteiger partial charge on any atom is -0.494 e. The predicted octanol–water partition coefficient (Wildman–Crippen LogP) is 3.10. The molecule has 0 heterocycles. The van der Waals surface area contributed by atoms with Crippen LogP contribution < -0.4 is 4.74 Å². The molecule has 1 rings (SSSR count). The number of hydrogen-bond donors (Lipinski definition) is 0. The summed E-state index contributed by atoms with van der Waals surface area (Å²) in [6.45, 7) is 8.24. The van der Waals surface area contributed by atoms with Crippen molar-refractivity contribution in [2.24, 2.45) is 0 Å². The molecule has 0 unspecified atom stereocenters. The van der Waals surface area contributed by atoms with Gasteiger partial charge in [0, 0.05) is 12.1 Å². The van der Waals surface area contributed by atoms with E-state index in [2.05, 4.69) is 18.7 Å². The van der Waals surface area contributed by atoms with E-state index < -0.39 is 4.92 Å². The van der Waals surface area contributed by atoms with Gasteiger partial charge in [-0.2, -0.15) is 0 Å². The van der Waals surface area contributed by atoms with Crippen LogP contribution in [-0.2, 0) is 0 Å². The number of nitrogens with zero attached hydrogens (tertiary/aromatic N) is 2. The molecule has 0 aliphatic heterocycles. The lowest BCUT2D eigenvalue weighted by atomic mass is 10.3. The lowest BCUT2D eigenvalue weighted by molar-refractivity contribution is -0.384. The molecule has 0 bridgehead atoms. The second-order valence-corrected chi connectivity index (χ2v) is 4.33. The third-order valence-electron chi connectivity index (χ3n) is 3.08. The summed E-state index contributed by atoms with van der Waals surface area (Å²) in [6, 6.07) is 6.21. The van der Waals surface area contributed by atoms with Gasteiger partial charge in [-0.05, 0) is 44.6 Å². The SMILES string of the molecule is CCN(CC)CCCCOc1ccc([N+](=O)[O-])cc1. The standard InChI is InChI=1S/C14H22N2O3/c1-3-15(4-2)11-5-6-12-19-14-9-7-13(8-10-14)16(17)18/h7-10H,3-6,11-12H2,1-2H3. The van der Waals surface area contributed by atoms with E-state index >= 15 is 0 Å². The largest absolute Gasteiger partial charge is 0.494 e. The lowest BCUT2D eigenvalue weighted by Gasteiger charge is -2.17. The van der Waals surface area contributed by atoms with E-state index in [0.717, 1.165) is 32.5 Å². The van der Waals surface area contributed by atoms with Crippen LogP contribution in [0.5, 0.6) is 5.75 Å². The van der Waals surface area contributed by atoms with Crippen molar-refractivity contribution in [1.82, 2.24) is 4.90 Å². The molecule has 0 fully saturated rings. The Morgan fingerprint density at radius 2 is 1.79 bits per heavy atom. The Balaban J connectivity index is 2.20. The molecule has 0 radical (unpaired) electrons. The smallest absolute Gasteiger partial charge is 0.269 e. The maximum absolute atomic E-state index is 10.5. The first kappa shape index (κ1) is 15.4. The summed E-state index contributed by atoms with van der Waals surface area (Å²) in [5.41, 5.74) is 0.0916. The van der Waals surface area contributed by atoms with Crippen LogP contribution in [0.3, 0.4) is 0 Å². The molecule has 0 atom stereocenters. The van der Waals surface area contributed by atoms with Crippen molar-refractivity contribution < 1.29 is 9.66 Å². The number of unbranched alkanes of at least 4 members (excludes halogenated alkanes) is 1. The molecule has 0 saturated carbocycles. The van der Waals surface area contributed by atoms with Gasteiger partial charge >= 0.3 is 0 Å². The normalized spacial score (nSPS) is 10.7. The van der Waals surface area contributed by atoms with Crippen molar-refractivity contribution in [3.63, 3.8) is 0 Å². The minimum atomic E-state index is -0.409. The monoisotopic (exact) mass is 266 g/mol. The molecular formula is C14H22N2O3. The fourth-order valence-corrected chi connectivity index (χ4v) is 1.83. The van der Waals surface area contributed by atoms with E-state index in [1.807, 2.05) is 0 Å². The molecule has 0 saturated heterocycles. The molecule has 0 aliphatic rings. The van der Waals surface area contributed by atoms with Gasteiger partial charge in [-0.1, -0.05) is 13.8 Å². The number of rotatable bonds is 9. The van der Waals surface area contributed by atoms with Crippen LogP contribution in [0.15, 0.2) is 24.3 Å². The highest BCUT2D eigenvalue weighted by Gasteiger charge is 2.04. The van der Waals surface area contributed by atoms with Crippen LogP contribution in [0, 0.1) is 10.1 Å². The summed E-state index contributed by atoms with van der Waals surface area (Å²) < 4.78 is 5.55. The van der Waals surface area contributed by atoms with Gasteiger partial charge in [-0.3, -0.25) is 10.1 Å². The van der Waals surface area contributed by atoms with Crippen molar-refractivity contribution in [3.8, 4) is 5.75 Å². The molecule has 19 heavy (non-hydrogen) atoms. The first-order chi connectivity index (χ1) is 9.17.